The fourth-order valence-corrected chi connectivity index (χ4v) is 3.94. The molecule has 4 N–H and O–H groups in total. The van der Waals surface area contributed by atoms with Crippen molar-refractivity contribution in [1.82, 2.24) is 15.0 Å². The predicted octanol–water partition coefficient (Wildman–Crippen LogP) is 3.21. The van der Waals surface area contributed by atoms with E-state index in [-0.39, 0.29) is 17.0 Å². The highest BCUT2D eigenvalue weighted by molar-refractivity contribution is 6.07. The molecule has 1 amide bonds. The van der Waals surface area contributed by atoms with Crippen molar-refractivity contribution in [2.24, 2.45) is 5.10 Å². The summed E-state index contributed by atoms with van der Waals surface area (Å²) < 4.78 is 1.46. The number of aryl methyl sites for hydroxylation is 1. The lowest BCUT2D eigenvalue weighted by Crippen LogP contribution is -2.32. The van der Waals surface area contributed by atoms with Crippen LogP contribution in [0.15, 0.2) is 63.2 Å². The van der Waals surface area contributed by atoms with E-state index in [0.717, 1.165) is 12.8 Å². The van der Waals surface area contributed by atoms with E-state index in [9.17, 15) is 24.6 Å². The molecular formula is C25H24N4O5. The van der Waals surface area contributed by atoms with Crippen molar-refractivity contribution in [2.75, 3.05) is 0 Å². The lowest BCUT2D eigenvalue weighted by atomic mass is 10.1. The number of hydrazone groups is 1. The Labute approximate surface area is 194 Å². The second-order valence-corrected chi connectivity index (χ2v) is 7.91. The molecule has 2 heterocycles. The Morgan fingerprint density at radius 1 is 1.00 bits per heavy atom. The Kier molecular flexibility index (Phi) is 6.18. The molecule has 0 unspecified atom stereocenters. The van der Waals surface area contributed by atoms with E-state index in [1.807, 2.05) is 6.92 Å². The quantitative estimate of drug-likeness (QED) is 0.259. The van der Waals surface area contributed by atoms with Gasteiger partial charge in [0.05, 0.1) is 16.7 Å². The number of benzene rings is 2. The largest absolute Gasteiger partial charge is 0.506 e. The fraction of sp³-hybridized carbons (Fsp3) is 0.200. The first-order valence-electron chi connectivity index (χ1n) is 10.9. The van der Waals surface area contributed by atoms with Gasteiger partial charge in [-0.05, 0) is 37.6 Å². The average molecular weight is 460 g/mol. The number of pyridine rings is 2. The fourth-order valence-electron chi connectivity index (χ4n) is 3.94. The summed E-state index contributed by atoms with van der Waals surface area (Å²) in [7, 11) is 0. The van der Waals surface area contributed by atoms with Crippen LogP contribution < -0.4 is 16.5 Å². The minimum absolute atomic E-state index is 0.0319. The lowest BCUT2D eigenvalue weighted by Gasteiger charge is -2.14. The summed E-state index contributed by atoms with van der Waals surface area (Å²) in [5, 5.41) is 26.0. The summed E-state index contributed by atoms with van der Waals surface area (Å²) in [4.78, 5) is 41.2. The van der Waals surface area contributed by atoms with Gasteiger partial charge in [-0.1, -0.05) is 37.6 Å². The van der Waals surface area contributed by atoms with Gasteiger partial charge in [-0.15, -0.1) is 0 Å². The standard InChI is InChI=1S/C25H24N4O5/c1-3-4-13-29-18-12-8-6-10-16(18)22(31)20(25(29)34)24(33)28-27-14(2)19-21(30)15-9-5-7-11-17(15)26-23(19)32/h5-12,31H,3-4,13H2,1-2H3,(H,28,33)(H2,26,30,32)/b27-14-. The molecule has 4 rings (SSSR count). The molecule has 0 aliphatic rings. The topological polar surface area (TPSA) is 137 Å². The highest BCUT2D eigenvalue weighted by atomic mass is 16.3. The normalized spacial score (nSPS) is 11.8. The highest BCUT2D eigenvalue weighted by Gasteiger charge is 2.22. The zero-order valence-corrected chi connectivity index (χ0v) is 18.8. The number of fused-ring (bicyclic) bond motifs is 2. The average Bonchev–Trinajstić information content (AvgIpc) is 2.83. The van der Waals surface area contributed by atoms with Gasteiger partial charge in [-0.3, -0.25) is 14.4 Å². The number of unbranched alkanes of at least 4 members (excludes halogenated alkanes) is 1. The number of H-pyrrole nitrogens is 1. The van der Waals surface area contributed by atoms with E-state index in [4.69, 9.17) is 0 Å². The summed E-state index contributed by atoms with van der Waals surface area (Å²) in [5.41, 5.74) is 1.49. The van der Waals surface area contributed by atoms with Crippen LogP contribution in [-0.4, -0.2) is 31.4 Å². The third-order valence-corrected chi connectivity index (χ3v) is 5.69. The third kappa shape index (κ3) is 3.92. The molecule has 0 aliphatic heterocycles. The van der Waals surface area contributed by atoms with E-state index >= 15 is 0 Å². The number of aromatic nitrogens is 2. The van der Waals surface area contributed by atoms with Crippen molar-refractivity contribution in [1.29, 1.82) is 0 Å². The van der Waals surface area contributed by atoms with Crippen LogP contribution in [0.25, 0.3) is 21.8 Å². The van der Waals surface area contributed by atoms with Crippen molar-refractivity contribution in [3.8, 4) is 11.5 Å². The van der Waals surface area contributed by atoms with Crippen LogP contribution in [0.3, 0.4) is 0 Å². The molecule has 0 atom stereocenters. The molecule has 34 heavy (non-hydrogen) atoms. The van der Waals surface area contributed by atoms with Crippen molar-refractivity contribution in [3.05, 3.63) is 80.4 Å². The first-order chi connectivity index (χ1) is 16.3. The van der Waals surface area contributed by atoms with Gasteiger partial charge in [0.15, 0.2) is 0 Å². The molecular weight excluding hydrogens is 436 g/mol. The Morgan fingerprint density at radius 3 is 2.38 bits per heavy atom. The maximum atomic E-state index is 13.1. The van der Waals surface area contributed by atoms with Gasteiger partial charge in [-0.25, -0.2) is 5.43 Å². The number of nitrogens with zero attached hydrogens (tertiary/aromatic N) is 2. The molecule has 0 radical (unpaired) electrons. The highest BCUT2D eigenvalue weighted by Crippen LogP contribution is 2.27. The summed E-state index contributed by atoms with van der Waals surface area (Å²) in [6.45, 7) is 3.82. The van der Waals surface area contributed by atoms with Crippen molar-refractivity contribution >= 4 is 33.4 Å². The Hall–Kier alpha value is -4.40. The number of hydrogen-bond donors (Lipinski definition) is 4. The van der Waals surface area contributed by atoms with Crippen LogP contribution in [-0.2, 0) is 6.54 Å². The molecule has 0 bridgehead atoms. The molecule has 4 aromatic rings. The van der Waals surface area contributed by atoms with Gasteiger partial charge < -0.3 is 19.8 Å². The first kappa shape index (κ1) is 22.8. The number of aromatic amines is 1. The van der Waals surface area contributed by atoms with E-state index in [2.05, 4.69) is 15.5 Å². The summed E-state index contributed by atoms with van der Waals surface area (Å²) in [6, 6.07) is 13.5. The predicted molar refractivity (Wildman–Crippen MR) is 131 cm³/mol. The zero-order chi connectivity index (χ0) is 24.4. The second-order valence-electron chi connectivity index (χ2n) is 7.91. The number of carbonyl (C=O) groups is 1. The molecule has 174 valence electrons. The number of carbonyl (C=O) groups excluding carboxylic acids is 1. The maximum Gasteiger partial charge on any atom is 0.280 e. The monoisotopic (exact) mass is 460 g/mol. The molecule has 0 aliphatic carbocycles. The molecule has 0 fully saturated rings. The van der Waals surface area contributed by atoms with Crippen LogP contribution in [0, 0.1) is 0 Å². The van der Waals surface area contributed by atoms with Crippen LogP contribution in [0.4, 0.5) is 0 Å². The van der Waals surface area contributed by atoms with Crippen LogP contribution in [0.5, 0.6) is 11.5 Å². The zero-order valence-electron chi connectivity index (χ0n) is 18.8. The van der Waals surface area contributed by atoms with E-state index in [1.54, 1.807) is 48.5 Å². The van der Waals surface area contributed by atoms with Gasteiger partial charge in [-0.2, -0.15) is 5.10 Å². The number of rotatable bonds is 6. The summed E-state index contributed by atoms with van der Waals surface area (Å²) in [5.74, 6) is -1.63. The third-order valence-electron chi connectivity index (χ3n) is 5.69. The van der Waals surface area contributed by atoms with E-state index in [1.165, 1.54) is 11.5 Å². The lowest BCUT2D eigenvalue weighted by molar-refractivity contribution is 0.0950. The molecule has 0 saturated carbocycles. The van der Waals surface area contributed by atoms with Crippen molar-refractivity contribution in [3.63, 3.8) is 0 Å². The van der Waals surface area contributed by atoms with Crippen LogP contribution >= 0.6 is 0 Å². The van der Waals surface area contributed by atoms with Crippen LogP contribution in [0.1, 0.15) is 42.6 Å². The van der Waals surface area contributed by atoms with Gasteiger partial charge >= 0.3 is 0 Å². The molecule has 9 heteroatoms. The Balaban J connectivity index is 1.75. The molecule has 9 nitrogen and oxygen atoms in total. The van der Waals surface area contributed by atoms with Crippen molar-refractivity contribution in [2.45, 2.75) is 33.2 Å². The summed E-state index contributed by atoms with van der Waals surface area (Å²) >= 11 is 0. The molecule has 2 aromatic carbocycles. The SMILES string of the molecule is CCCCn1c(=O)c(C(=O)N/N=C(/C)c2c(O)c3ccccc3[nH]c2=O)c(O)c2ccccc21. The number of hydrogen-bond acceptors (Lipinski definition) is 6. The maximum absolute atomic E-state index is 13.1. The number of para-hydroxylation sites is 2. The molecule has 2 aromatic heterocycles. The Bertz CT molecular complexity index is 1570. The van der Waals surface area contributed by atoms with Gasteiger partial charge in [0.25, 0.3) is 17.0 Å². The minimum Gasteiger partial charge on any atom is -0.506 e. The van der Waals surface area contributed by atoms with Gasteiger partial charge in [0.2, 0.25) is 0 Å². The Morgan fingerprint density at radius 2 is 1.65 bits per heavy atom. The molecule has 0 spiro atoms. The van der Waals surface area contributed by atoms with Crippen LogP contribution in [0.2, 0.25) is 0 Å². The van der Waals surface area contributed by atoms with E-state index < -0.39 is 28.3 Å². The second kappa shape index (κ2) is 9.22. The summed E-state index contributed by atoms with van der Waals surface area (Å²) in [6.07, 6.45) is 1.56. The molecule has 0 saturated heterocycles. The van der Waals surface area contributed by atoms with Gasteiger partial charge in [0.1, 0.15) is 22.6 Å². The number of amides is 1. The minimum atomic E-state index is -0.922. The van der Waals surface area contributed by atoms with Gasteiger partial charge in [0, 0.05) is 17.3 Å². The van der Waals surface area contributed by atoms with E-state index in [0.29, 0.717) is 28.4 Å². The number of nitrogens with one attached hydrogen (secondary N) is 2. The number of aromatic hydroxyl groups is 2. The smallest absolute Gasteiger partial charge is 0.280 e. The van der Waals surface area contributed by atoms with Crippen molar-refractivity contribution < 1.29 is 15.0 Å². The first-order valence-corrected chi connectivity index (χ1v) is 10.9.